The average Bonchev–Trinajstić information content (AvgIpc) is 2.65. The number of ether oxygens (including phenoxy) is 1. The first-order chi connectivity index (χ1) is 12.4. The Bertz CT molecular complexity index is 918. The summed E-state index contributed by atoms with van der Waals surface area (Å²) >= 11 is 0. The van der Waals surface area contributed by atoms with Gasteiger partial charge >= 0.3 is 0 Å². The van der Waals surface area contributed by atoms with Crippen molar-refractivity contribution in [2.24, 2.45) is 0 Å². The highest BCUT2D eigenvalue weighted by atomic mass is 32.2. The lowest BCUT2D eigenvalue weighted by Gasteiger charge is -2.34. The van der Waals surface area contributed by atoms with Gasteiger partial charge in [-0.3, -0.25) is 4.79 Å². The van der Waals surface area contributed by atoms with Crippen LogP contribution in [0.3, 0.4) is 0 Å². The van der Waals surface area contributed by atoms with Crippen molar-refractivity contribution in [1.29, 1.82) is 0 Å². The maximum absolute atomic E-state index is 12.9. The predicted octanol–water partition coefficient (Wildman–Crippen LogP) is 1.63. The Morgan fingerprint density at radius 2 is 1.88 bits per heavy atom. The third kappa shape index (κ3) is 3.29. The fourth-order valence-electron chi connectivity index (χ4n) is 3.62. The van der Waals surface area contributed by atoms with Gasteiger partial charge in [0, 0.05) is 18.4 Å². The Morgan fingerprint density at radius 3 is 2.54 bits per heavy atom. The van der Waals surface area contributed by atoms with Crippen molar-refractivity contribution in [2.45, 2.75) is 24.1 Å². The number of carbonyl (C=O) groups is 1. The minimum atomic E-state index is -3.53. The summed E-state index contributed by atoms with van der Waals surface area (Å²) in [6, 6.07) is 11.7. The summed E-state index contributed by atoms with van der Waals surface area (Å²) in [6.07, 6.45) is 1.71. The van der Waals surface area contributed by atoms with Crippen LogP contribution in [0.15, 0.2) is 36.4 Å². The van der Waals surface area contributed by atoms with Crippen LogP contribution in [0, 0.1) is 0 Å². The van der Waals surface area contributed by atoms with Crippen molar-refractivity contribution in [2.75, 3.05) is 26.5 Å². The molecule has 0 atom stereocenters. The second-order valence-corrected chi connectivity index (χ2v) is 8.99. The third-order valence-electron chi connectivity index (χ3n) is 5.18. The number of rotatable bonds is 5. The Labute approximate surface area is 153 Å². The van der Waals surface area contributed by atoms with Crippen LogP contribution in [-0.2, 0) is 21.2 Å². The minimum absolute atomic E-state index is 0.216. The van der Waals surface area contributed by atoms with Crippen molar-refractivity contribution in [1.82, 2.24) is 10.6 Å². The van der Waals surface area contributed by atoms with Crippen LogP contribution in [0.4, 0.5) is 0 Å². The molecule has 26 heavy (non-hydrogen) atoms. The summed E-state index contributed by atoms with van der Waals surface area (Å²) in [5.41, 5.74) is 0.844. The van der Waals surface area contributed by atoms with E-state index < -0.39 is 20.5 Å². The number of methoxy groups -OCH3 is 1. The molecular weight excluding hydrogens is 352 g/mol. The summed E-state index contributed by atoms with van der Waals surface area (Å²) < 4.78 is 28.8. The summed E-state index contributed by atoms with van der Waals surface area (Å²) in [5, 5.41) is 7.99. The molecule has 2 aromatic rings. The first-order valence-electron chi connectivity index (χ1n) is 8.62. The zero-order chi connectivity index (χ0) is 18.8. The Hall–Kier alpha value is -2.12. The molecule has 0 radical (unpaired) electrons. The molecule has 7 heteroatoms. The molecule has 1 fully saturated rings. The van der Waals surface area contributed by atoms with E-state index in [4.69, 9.17) is 4.74 Å². The van der Waals surface area contributed by atoms with E-state index in [1.54, 1.807) is 7.11 Å². The Morgan fingerprint density at radius 1 is 1.19 bits per heavy atom. The number of carbonyl (C=O) groups excluding carboxylic acids is 1. The van der Waals surface area contributed by atoms with Gasteiger partial charge in [-0.05, 0) is 42.8 Å². The second-order valence-electron chi connectivity index (χ2n) is 6.67. The molecule has 1 amide bonds. The molecule has 1 heterocycles. The standard InChI is InChI=1S/C19H24N2O4S/c1-25-17-8-7-14-5-3-4-6-15(14)16(17)13-21-18(22)19(26(2,23)24)9-11-20-12-10-19/h3-8,20H,9-13H2,1-2H3,(H,21,22). The second kappa shape index (κ2) is 7.25. The summed E-state index contributed by atoms with van der Waals surface area (Å²) in [4.78, 5) is 12.9. The molecule has 0 spiro atoms. The zero-order valence-electron chi connectivity index (χ0n) is 15.0. The number of nitrogens with one attached hydrogen (secondary N) is 2. The van der Waals surface area contributed by atoms with Gasteiger partial charge < -0.3 is 15.4 Å². The van der Waals surface area contributed by atoms with Crippen molar-refractivity contribution < 1.29 is 17.9 Å². The van der Waals surface area contributed by atoms with Gasteiger partial charge in [-0.2, -0.15) is 0 Å². The van der Waals surface area contributed by atoms with Gasteiger partial charge in [-0.1, -0.05) is 30.3 Å². The quantitative estimate of drug-likeness (QED) is 0.829. The van der Waals surface area contributed by atoms with E-state index in [9.17, 15) is 13.2 Å². The Balaban J connectivity index is 1.91. The van der Waals surface area contributed by atoms with Crippen LogP contribution in [-0.4, -0.2) is 45.5 Å². The smallest absolute Gasteiger partial charge is 0.241 e. The molecule has 2 aromatic carbocycles. The minimum Gasteiger partial charge on any atom is -0.496 e. The van der Waals surface area contributed by atoms with Gasteiger partial charge in [-0.15, -0.1) is 0 Å². The Kier molecular flexibility index (Phi) is 5.20. The lowest BCUT2D eigenvalue weighted by molar-refractivity contribution is -0.124. The van der Waals surface area contributed by atoms with E-state index in [2.05, 4.69) is 10.6 Å². The molecule has 1 saturated heterocycles. The number of sulfone groups is 1. The fourth-order valence-corrected chi connectivity index (χ4v) is 4.97. The largest absolute Gasteiger partial charge is 0.496 e. The van der Waals surface area contributed by atoms with Crippen LogP contribution in [0.5, 0.6) is 5.75 Å². The molecule has 3 rings (SSSR count). The monoisotopic (exact) mass is 376 g/mol. The van der Waals surface area contributed by atoms with Crippen molar-refractivity contribution in [3.8, 4) is 5.75 Å². The molecule has 1 aliphatic heterocycles. The summed E-state index contributed by atoms with van der Waals surface area (Å²) in [7, 11) is -1.95. The molecule has 0 aliphatic carbocycles. The molecule has 6 nitrogen and oxygen atoms in total. The molecule has 0 unspecified atom stereocenters. The van der Waals surface area contributed by atoms with Gasteiger partial charge in [0.05, 0.1) is 7.11 Å². The highest BCUT2D eigenvalue weighted by molar-refractivity contribution is 7.92. The van der Waals surface area contributed by atoms with Crippen LogP contribution >= 0.6 is 0 Å². The number of benzene rings is 2. The third-order valence-corrected chi connectivity index (χ3v) is 7.19. The highest BCUT2D eigenvalue weighted by Gasteiger charge is 2.48. The normalized spacial score (nSPS) is 17.0. The number of piperidine rings is 1. The van der Waals surface area contributed by atoms with Crippen molar-refractivity contribution in [3.05, 3.63) is 42.0 Å². The van der Waals surface area contributed by atoms with E-state index in [0.717, 1.165) is 22.6 Å². The van der Waals surface area contributed by atoms with Crippen molar-refractivity contribution >= 4 is 26.5 Å². The van der Waals surface area contributed by atoms with Crippen LogP contribution < -0.4 is 15.4 Å². The molecule has 1 aliphatic rings. The summed E-state index contributed by atoms with van der Waals surface area (Å²) in [6.45, 7) is 1.24. The van der Waals surface area contributed by atoms with Crippen LogP contribution in [0.2, 0.25) is 0 Å². The number of hydrogen-bond donors (Lipinski definition) is 2. The molecule has 0 bridgehead atoms. The SMILES string of the molecule is COc1ccc2ccccc2c1CNC(=O)C1(S(C)(=O)=O)CCNCC1. The lowest BCUT2D eigenvalue weighted by Crippen LogP contribution is -2.57. The predicted molar refractivity (Wildman–Crippen MR) is 102 cm³/mol. The first-order valence-corrected chi connectivity index (χ1v) is 10.5. The topological polar surface area (TPSA) is 84.5 Å². The summed E-state index contributed by atoms with van der Waals surface area (Å²) in [5.74, 6) is 0.235. The van der Waals surface area contributed by atoms with E-state index in [-0.39, 0.29) is 19.4 Å². The average molecular weight is 376 g/mol. The van der Waals surface area contributed by atoms with E-state index in [1.807, 2.05) is 36.4 Å². The first kappa shape index (κ1) is 18.7. The maximum atomic E-state index is 12.9. The van der Waals surface area contributed by atoms with E-state index in [1.165, 1.54) is 0 Å². The highest BCUT2D eigenvalue weighted by Crippen LogP contribution is 2.30. The molecule has 0 aromatic heterocycles. The number of hydrogen-bond acceptors (Lipinski definition) is 5. The molecule has 0 saturated carbocycles. The van der Waals surface area contributed by atoms with Gasteiger partial charge in [0.1, 0.15) is 5.75 Å². The zero-order valence-corrected chi connectivity index (χ0v) is 15.9. The van der Waals surface area contributed by atoms with E-state index in [0.29, 0.717) is 18.8 Å². The van der Waals surface area contributed by atoms with Gasteiger partial charge in [0.15, 0.2) is 14.6 Å². The van der Waals surface area contributed by atoms with Gasteiger partial charge in [0.2, 0.25) is 5.91 Å². The van der Waals surface area contributed by atoms with E-state index >= 15 is 0 Å². The lowest BCUT2D eigenvalue weighted by atomic mass is 9.95. The van der Waals surface area contributed by atoms with Gasteiger partial charge in [0.25, 0.3) is 0 Å². The fraction of sp³-hybridized carbons (Fsp3) is 0.421. The van der Waals surface area contributed by atoms with Crippen LogP contribution in [0.1, 0.15) is 18.4 Å². The van der Waals surface area contributed by atoms with Gasteiger partial charge in [-0.25, -0.2) is 8.42 Å². The maximum Gasteiger partial charge on any atom is 0.241 e. The van der Waals surface area contributed by atoms with Crippen LogP contribution in [0.25, 0.3) is 10.8 Å². The molecular formula is C19H24N2O4S. The molecule has 140 valence electrons. The number of amides is 1. The number of fused-ring (bicyclic) bond motifs is 1. The van der Waals surface area contributed by atoms with Crippen molar-refractivity contribution in [3.63, 3.8) is 0 Å². The molecule has 2 N–H and O–H groups in total.